The number of ether oxygens (including phenoxy) is 1. The molecular weight excluding hydrogens is 304 g/mol. The Bertz CT molecular complexity index is 724. The lowest BCUT2D eigenvalue weighted by Crippen LogP contribution is -2.41. The molecule has 0 aliphatic carbocycles. The highest BCUT2D eigenvalue weighted by molar-refractivity contribution is 5.76. The first kappa shape index (κ1) is 15.2. The minimum atomic E-state index is -0.543. The second-order valence-corrected chi connectivity index (χ2v) is 5.03. The molecule has 3 heterocycles. The van der Waals surface area contributed by atoms with E-state index in [1.54, 1.807) is 17.0 Å². The van der Waals surface area contributed by atoms with Crippen LogP contribution in [0.3, 0.4) is 0 Å². The summed E-state index contributed by atoms with van der Waals surface area (Å²) in [4.78, 5) is 28.0. The van der Waals surface area contributed by atoms with Crippen molar-refractivity contribution in [3.8, 4) is 0 Å². The SMILES string of the molecule is O=C(CCNc1ccc2ncc([N+](=O)[O-])n2n1)N1CCOCC1. The number of nitrogens with zero attached hydrogens (tertiary/aromatic N) is 5. The molecule has 2 aromatic rings. The lowest BCUT2D eigenvalue weighted by atomic mass is 10.3. The second-order valence-electron chi connectivity index (χ2n) is 5.03. The smallest absolute Gasteiger partial charge is 0.368 e. The van der Waals surface area contributed by atoms with Crippen LogP contribution in [0.2, 0.25) is 0 Å². The highest BCUT2D eigenvalue weighted by Gasteiger charge is 2.17. The largest absolute Gasteiger partial charge is 0.378 e. The first-order valence-corrected chi connectivity index (χ1v) is 7.24. The number of imidazole rings is 1. The second kappa shape index (κ2) is 6.57. The van der Waals surface area contributed by atoms with Crippen LogP contribution < -0.4 is 5.32 Å². The standard InChI is InChI=1S/C13H16N6O4/c20-13(17-5-7-23-8-6-17)3-4-14-10-1-2-11-15-9-12(19(21)22)18(11)16-10/h1-2,9H,3-8H2,(H,14,16). The minimum Gasteiger partial charge on any atom is -0.378 e. The lowest BCUT2D eigenvalue weighted by Gasteiger charge is -2.26. The van der Waals surface area contributed by atoms with Crippen molar-refractivity contribution in [3.05, 3.63) is 28.4 Å². The average molecular weight is 320 g/mol. The van der Waals surface area contributed by atoms with Crippen molar-refractivity contribution in [1.82, 2.24) is 19.5 Å². The minimum absolute atomic E-state index is 0.0514. The van der Waals surface area contributed by atoms with Crippen LogP contribution in [0.1, 0.15) is 6.42 Å². The topological polar surface area (TPSA) is 115 Å². The summed E-state index contributed by atoms with van der Waals surface area (Å²) in [5.74, 6) is 0.303. The van der Waals surface area contributed by atoms with Crippen molar-refractivity contribution in [2.75, 3.05) is 38.2 Å². The normalized spacial score (nSPS) is 14.9. The van der Waals surface area contributed by atoms with Gasteiger partial charge in [0, 0.05) is 32.1 Å². The number of nitrogens with one attached hydrogen (secondary N) is 1. The predicted molar refractivity (Wildman–Crippen MR) is 80.1 cm³/mol. The summed E-state index contributed by atoms with van der Waals surface area (Å²) in [7, 11) is 0. The molecule has 1 N–H and O–H groups in total. The van der Waals surface area contributed by atoms with Gasteiger partial charge in [-0.25, -0.2) is 4.98 Å². The van der Waals surface area contributed by atoms with Gasteiger partial charge in [-0.15, -0.1) is 0 Å². The third kappa shape index (κ3) is 3.37. The fraction of sp³-hybridized carbons (Fsp3) is 0.462. The Hall–Kier alpha value is -2.75. The zero-order valence-corrected chi connectivity index (χ0v) is 12.3. The first-order chi connectivity index (χ1) is 11.1. The van der Waals surface area contributed by atoms with Crippen molar-refractivity contribution in [3.63, 3.8) is 0 Å². The molecule has 0 unspecified atom stereocenters. The molecule has 1 amide bonds. The molecule has 10 nitrogen and oxygen atoms in total. The van der Waals surface area contributed by atoms with E-state index in [9.17, 15) is 14.9 Å². The number of nitro groups is 1. The van der Waals surface area contributed by atoms with Crippen molar-refractivity contribution < 1.29 is 14.5 Å². The predicted octanol–water partition coefficient (Wildman–Crippen LogP) is 0.298. The van der Waals surface area contributed by atoms with Gasteiger partial charge in [0.15, 0.2) is 5.82 Å². The summed E-state index contributed by atoms with van der Waals surface area (Å²) in [6.07, 6.45) is 1.49. The monoisotopic (exact) mass is 320 g/mol. The van der Waals surface area contributed by atoms with Crippen LogP contribution in [0.15, 0.2) is 18.3 Å². The van der Waals surface area contributed by atoms with Gasteiger partial charge in [-0.05, 0) is 11.0 Å². The van der Waals surface area contributed by atoms with Crippen LogP contribution in [-0.2, 0) is 9.53 Å². The number of fused-ring (bicyclic) bond motifs is 1. The van der Waals surface area contributed by atoms with Crippen LogP contribution in [-0.4, -0.2) is 63.2 Å². The van der Waals surface area contributed by atoms with E-state index in [1.807, 2.05) is 0 Å². The molecule has 0 aromatic carbocycles. The molecule has 23 heavy (non-hydrogen) atoms. The molecule has 2 aromatic heterocycles. The summed E-state index contributed by atoms with van der Waals surface area (Å²) in [5.41, 5.74) is 0.395. The van der Waals surface area contributed by atoms with E-state index in [0.29, 0.717) is 50.7 Å². The maximum atomic E-state index is 12.0. The summed E-state index contributed by atoms with van der Waals surface area (Å²) in [6.45, 7) is 2.77. The lowest BCUT2D eigenvalue weighted by molar-refractivity contribution is -0.391. The van der Waals surface area contributed by atoms with Crippen LogP contribution in [0.25, 0.3) is 5.65 Å². The van der Waals surface area contributed by atoms with Crippen LogP contribution in [0.4, 0.5) is 11.6 Å². The number of carbonyl (C=O) groups excluding carboxylic acids is 1. The molecule has 1 saturated heterocycles. The molecule has 10 heteroatoms. The number of anilines is 1. The van der Waals surface area contributed by atoms with Crippen LogP contribution in [0, 0.1) is 10.1 Å². The van der Waals surface area contributed by atoms with Gasteiger partial charge in [0.2, 0.25) is 11.6 Å². The first-order valence-electron chi connectivity index (χ1n) is 7.24. The van der Waals surface area contributed by atoms with E-state index in [4.69, 9.17) is 4.74 Å². The molecule has 1 aliphatic rings. The Morgan fingerprint density at radius 3 is 2.91 bits per heavy atom. The van der Waals surface area contributed by atoms with E-state index in [0.717, 1.165) is 10.7 Å². The Morgan fingerprint density at radius 1 is 1.39 bits per heavy atom. The Kier molecular flexibility index (Phi) is 4.33. The van der Waals surface area contributed by atoms with Gasteiger partial charge >= 0.3 is 5.82 Å². The van der Waals surface area contributed by atoms with Crippen LogP contribution >= 0.6 is 0 Å². The van der Waals surface area contributed by atoms with Gasteiger partial charge in [-0.2, -0.15) is 0 Å². The van der Waals surface area contributed by atoms with Gasteiger partial charge in [0.1, 0.15) is 6.20 Å². The number of hydrogen-bond donors (Lipinski definition) is 1. The molecule has 122 valence electrons. The molecule has 0 saturated carbocycles. The van der Waals surface area contributed by atoms with E-state index >= 15 is 0 Å². The summed E-state index contributed by atoms with van der Waals surface area (Å²) < 4.78 is 6.36. The zero-order chi connectivity index (χ0) is 16.2. The number of amides is 1. The van der Waals surface area contributed by atoms with Crippen molar-refractivity contribution in [1.29, 1.82) is 0 Å². The Balaban J connectivity index is 1.59. The molecule has 0 spiro atoms. The fourth-order valence-electron chi connectivity index (χ4n) is 2.35. The van der Waals surface area contributed by atoms with Gasteiger partial charge < -0.3 is 25.1 Å². The zero-order valence-electron chi connectivity index (χ0n) is 12.3. The number of hydrogen-bond acceptors (Lipinski definition) is 7. The molecular formula is C13H16N6O4. The summed E-state index contributed by atoms with van der Waals surface area (Å²) in [5, 5.41) is 18.0. The molecule has 0 bridgehead atoms. The Labute approximate surface area is 131 Å². The van der Waals surface area contributed by atoms with E-state index in [-0.39, 0.29) is 11.7 Å². The molecule has 0 radical (unpaired) electrons. The van der Waals surface area contributed by atoms with Gasteiger partial charge in [0.25, 0.3) is 0 Å². The maximum absolute atomic E-state index is 12.0. The Morgan fingerprint density at radius 2 is 2.17 bits per heavy atom. The molecule has 0 atom stereocenters. The highest BCUT2D eigenvalue weighted by Crippen LogP contribution is 2.14. The third-order valence-corrected chi connectivity index (χ3v) is 3.54. The quantitative estimate of drug-likeness (QED) is 0.622. The van der Waals surface area contributed by atoms with E-state index in [2.05, 4.69) is 15.4 Å². The number of morpholine rings is 1. The van der Waals surface area contributed by atoms with E-state index in [1.165, 1.54) is 0 Å². The van der Waals surface area contributed by atoms with Crippen LogP contribution in [0.5, 0.6) is 0 Å². The van der Waals surface area contributed by atoms with Crippen molar-refractivity contribution >= 4 is 23.2 Å². The van der Waals surface area contributed by atoms with Gasteiger partial charge in [0.05, 0.1) is 13.2 Å². The highest BCUT2D eigenvalue weighted by atomic mass is 16.6. The number of aromatic nitrogens is 3. The third-order valence-electron chi connectivity index (χ3n) is 3.54. The van der Waals surface area contributed by atoms with Crippen molar-refractivity contribution in [2.45, 2.75) is 6.42 Å². The molecule has 3 rings (SSSR count). The fourth-order valence-corrected chi connectivity index (χ4v) is 2.35. The van der Waals surface area contributed by atoms with E-state index < -0.39 is 4.92 Å². The maximum Gasteiger partial charge on any atom is 0.368 e. The van der Waals surface area contributed by atoms with Gasteiger partial charge in [-0.1, -0.05) is 9.61 Å². The van der Waals surface area contributed by atoms with Gasteiger partial charge in [-0.3, -0.25) is 4.79 Å². The van der Waals surface area contributed by atoms with Crippen molar-refractivity contribution in [2.24, 2.45) is 0 Å². The number of rotatable bonds is 5. The average Bonchev–Trinajstić information content (AvgIpc) is 2.99. The summed E-state index contributed by atoms with van der Waals surface area (Å²) >= 11 is 0. The molecule has 1 aliphatic heterocycles. The summed E-state index contributed by atoms with van der Waals surface area (Å²) in [6, 6.07) is 3.30. The number of carbonyl (C=O) groups is 1. The molecule has 1 fully saturated rings.